The largest absolute Gasteiger partial charge is 0.489 e. The minimum Gasteiger partial charge on any atom is -0.489 e. The summed E-state index contributed by atoms with van der Waals surface area (Å²) in [5, 5.41) is 0. The molecule has 0 N–H and O–H groups in total. The van der Waals surface area contributed by atoms with Crippen LogP contribution in [0, 0.1) is 5.92 Å². The van der Waals surface area contributed by atoms with Crippen LogP contribution in [0.5, 0.6) is 5.75 Å². The minimum atomic E-state index is 0.608. The molecule has 0 bridgehead atoms. The topological polar surface area (TPSA) is 26.3 Å². The van der Waals surface area contributed by atoms with Crippen LogP contribution in [0.3, 0.4) is 0 Å². The number of ether oxygens (including phenoxy) is 1. The predicted molar refractivity (Wildman–Crippen MR) is 92.6 cm³/mol. The summed E-state index contributed by atoms with van der Waals surface area (Å²) < 4.78 is 5.94. The molecule has 0 aromatic heterocycles. The van der Waals surface area contributed by atoms with Crippen molar-refractivity contribution in [3.8, 4) is 5.75 Å². The minimum absolute atomic E-state index is 0.608. The van der Waals surface area contributed by atoms with Crippen LogP contribution in [-0.4, -0.2) is 6.29 Å². The number of hydrogen-bond acceptors (Lipinski definition) is 2. The van der Waals surface area contributed by atoms with Gasteiger partial charge in [0.25, 0.3) is 0 Å². The normalized spacial score (nSPS) is 20.3. The molecule has 2 atom stereocenters. The SMILES string of the molecule is O=CCCC1CCC(c2cccc(OCc3ccccc3)c2)C1. The van der Waals surface area contributed by atoms with Crippen LogP contribution in [0.15, 0.2) is 54.6 Å². The van der Waals surface area contributed by atoms with Crippen molar-refractivity contribution in [2.45, 2.75) is 44.6 Å². The van der Waals surface area contributed by atoms with Gasteiger partial charge in [0.2, 0.25) is 0 Å². The number of carbonyl (C=O) groups excluding carboxylic acids is 1. The molecule has 2 nitrogen and oxygen atoms in total. The Morgan fingerprint density at radius 2 is 1.91 bits per heavy atom. The molecule has 0 radical (unpaired) electrons. The van der Waals surface area contributed by atoms with Crippen LogP contribution in [0.4, 0.5) is 0 Å². The van der Waals surface area contributed by atoms with Gasteiger partial charge in [-0.2, -0.15) is 0 Å². The molecule has 1 aliphatic carbocycles. The lowest BCUT2D eigenvalue weighted by atomic mass is 9.95. The molecule has 0 aliphatic heterocycles. The van der Waals surface area contributed by atoms with Crippen molar-refractivity contribution >= 4 is 6.29 Å². The fraction of sp³-hybridized carbons (Fsp3) is 0.381. The fourth-order valence-corrected chi connectivity index (χ4v) is 3.54. The number of benzene rings is 2. The molecule has 0 saturated heterocycles. The molecule has 2 unspecified atom stereocenters. The Labute approximate surface area is 138 Å². The molecule has 1 fully saturated rings. The van der Waals surface area contributed by atoms with Gasteiger partial charge in [-0.25, -0.2) is 0 Å². The van der Waals surface area contributed by atoms with Gasteiger partial charge in [0.05, 0.1) is 0 Å². The Hall–Kier alpha value is -2.09. The van der Waals surface area contributed by atoms with Gasteiger partial charge in [-0.1, -0.05) is 42.5 Å². The van der Waals surface area contributed by atoms with Crippen LogP contribution in [-0.2, 0) is 11.4 Å². The molecule has 1 saturated carbocycles. The summed E-state index contributed by atoms with van der Waals surface area (Å²) in [5.41, 5.74) is 2.57. The van der Waals surface area contributed by atoms with E-state index in [-0.39, 0.29) is 0 Å². The molecular weight excluding hydrogens is 284 g/mol. The third kappa shape index (κ3) is 4.44. The first-order chi connectivity index (χ1) is 11.3. The lowest BCUT2D eigenvalue weighted by Crippen LogP contribution is -1.99. The van der Waals surface area contributed by atoms with E-state index in [1.165, 1.54) is 30.4 Å². The number of carbonyl (C=O) groups is 1. The second kappa shape index (κ2) is 7.96. The summed E-state index contributed by atoms with van der Waals surface area (Å²) in [7, 11) is 0. The Morgan fingerprint density at radius 1 is 1.04 bits per heavy atom. The lowest BCUT2D eigenvalue weighted by molar-refractivity contribution is -0.108. The maximum absolute atomic E-state index is 10.5. The molecule has 0 heterocycles. The standard InChI is InChI=1S/C21H24O2/c22-13-5-8-17-11-12-20(14-17)19-9-4-10-21(15-19)23-16-18-6-2-1-3-7-18/h1-4,6-7,9-10,13,15,17,20H,5,8,11-12,14,16H2. The summed E-state index contributed by atoms with van der Waals surface area (Å²) in [6, 6.07) is 18.8. The highest BCUT2D eigenvalue weighted by Crippen LogP contribution is 2.40. The second-order valence-corrected chi connectivity index (χ2v) is 6.47. The van der Waals surface area contributed by atoms with Crippen molar-refractivity contribution in [3.63, 3.8) is 0 Å². The summed E-state index contributed by atoms with van der Waals surface area (Å²) >= 11 is 0. The van der Waals surface area contributed by atoms with E-state index >= 15 is 0 Å². The molecular formula is C21H24O2. The average molecular weight is 308 g/mol. The maximum atomic E-state index is 10.5. The number of rotatable bonds is 7. The zero-order valence-electron chi connectivity index (χ0n) is 13.5. The summed E-state index contributed by atoms with van der Waals surface area (Å²) in [6.07, 6.45) is 6.47. The predicted octanol–water partition coefficient (Wildman–Crippen LogP) is 5.13. The van der Waals surface area contributed by atoms with Crippen molar-refractivity contribution in [2.75, 3.05) is 0 Å². The van der Waals surface area contributed by atoms with E-state index in [1.807, 2.05) is 24.3 Å². The first-order valence-corrected chi connectivity index (χ1v) is 8.55. The highest BCUT2D eigenvalue weighted by molar-refractivity contribution is 5.49. The van der Waals surface area contributed by atoms with E-state index in [2.05, 4.69) is 30.3 Å². The van der Waals surface area contributed by atoms with Crippen LogP contribution >= 0.6 is 0 Å². The van der Waals surface area contributed by atoms with Gasteiger partial charge < -0.3 is 9.53 Å². The molecule has 2 aromatic carbocycles. The van der Waals surface area contributed by atoms with E-state index in [4.69, 9.17) is 4.74 Å². The van der Waals surface area contributed by atoms with Crippen LogP contribution < -0.4 is 4.74 Å². The molecule has 2 heteroatoms. The molecule has 0 spiro atoms. The van der Waals surface area contributed by atoms with Crippen molar-refractivity contribution in [1.82, 2.24) is 0 Å². The van der Waals surface area contributed by atoms with Crippen molar-refractivity contribution < 1.29 is 9.53 Å². The van der Waals surface area contributed by atoms with Gasteiger partial charge >= 0.3 is 0 Å². The second-order valence-electron chi connectivity index (χ2n) is 6.47. The summed E-state index contributed by atoms with van der Waals surface area (Å²) in [4.78, 5) is 10.5. The Balaban J connectivity index is 1.58. The Morgan fingerprint density at radius 3 is 2.74 bits per heavy atom. The molecule has 1 aliphatic rings. The van der Waals surface area contributed by atoms with Crippen molar-refractivity contribution in [3.05, 3.63) is 65.7 Å². The molecule has 23 heavy (non-hydrogen) atoms. The van der Waals surface area contributed by atoms with Gasteiger partial charge in [-0.05, 0) is 60.8 Å². The van der Waals surface area contributed by atoms with Gasteiger partial charge in [-0.3, -0.25) is 0 Å². The molecule has 2 aromatic rings. The van der Waals surface area contributed by atoms with E-state index in [9.17, 15) is 4.79 Å². The van der Waals surface area contributed by atoms with Crippen molar-refractivity contribution in [2.24, 2.45) is 5.92 Å². The zero-order chi connectivity index (χ0) is 15.9. The van der Waals surface area contributed by atoms with Gasteiger partial charge in [0, 0.05) is 6.42 Å². The van der Waals surface area contributed by atoms with E-state index in [1.54, 1.807) is 0 Å². The van der Waals surface area contributed by atoms with Crippen molar-refractivity contribution in [1.29, 1.82) is 0 Å². The summed E-state index contributed by atoms with van der Waals surface area (Å²) in [6.45, 7) is 0.608. The lowest BCUT2D eigenvalue weighted by Gasteiger charge is -2.13. The smallest absolute Gasteiger partial charge is 0.120 e. The van der Waals surface area contributed by atoms with E-state index < -0.39 is 0 Å². The molecule has 120 valence electrons. The molecule has 0 amide bonds. The Kier molecular flexibility index (Phi) is 5.46. The van der Waals surface area contributed by atoms with Gasteiger partial charge in [0.15, 0.2) is 0 Å². The first kappa shape index (κ1) is 15.8. The van der Waals surface area contributed by atoms with Crippen LogP contribution in [0.25, 0.3) is 0 Å². The maximum Gasteiger partial charge on any atom is 0.120 e. The molecule has 3 rings (SSSR count). The van der Waals surface area contributed by atoms with Crippen LogP contribution in [0.1, 0.15) is 49.1 Å². The average Bonchev–Trinajstić information content (AvgIpc) is 3.08. The van der Waals surface area contributed by atoms with E-state index in [0.717, 1.165) is 18.5 Å². The number of hydrogen-bond donors (Lipinski definition) is 0. The summed E-state index contributed by atoms with van der Waals surface area (Å²) in [5.74, 6) is 2.27. The quantitative estimate of drug-likeness (QED) is 0.663. The highest BCUT2D eigenvalue weighted by atomic mass is 16.5. The third-order valence-electron chi connectivity index (χ3n) is 4.81. The number of aldehydes is 1. The van der Waals surface area contributed by atoms with Gasteiger partial charge in [-0.15, -0.1) is 0 Å². The highest BCUT2D eigenvalue weighted by Gasteiger charge is 2.25. The van der Waals surface area contributed by atoms with E-state index in [0.29, 0.717) is 24.9 Å². The van der Waals surface area contributed by atoms with Crippen LogP contribution in [0.2, 0.25) is 0 Å². The fourth-order valence-electron chi connectivity index (χ4n) is 3.54. The zero-order valence-corrected chi connectivity index (χ0v) is 13.5. The Bertz CT molecular complexity index is 621. The first-order valence-electron chi connectivity index (χ1n) is 8.55. The van der Waals surface area contributed by atoms with Gasteiger partial charge in [0.1, 0.15) is 18.6 Å². The monoisotopic (exact) mass is 308 g/mol. The third-order valence-corrected chi connectivity index (χ3v) is 4.81.